The van der Waals surface area contributed by atoms with Crippen LogP contribution in [-0.4, -0.2) is 0 Å². The van der Waals surface area contributed by atoms with E-state index < -0.39 is 11.6 Å². The smallest absolute Gasteiger partial charge is 0.129 e. The number of nitriles is 2. The Morgan fingerprint density at radius 1 is 0.586 bits per heavy atom. The molecule has 0 amide bonds. The van der Waals surface area contributed by atoms with Crippen molar-refractivity contribution in [1.29, 1.82) is 10.5 Å². The molecule has 3 rings (SSSR count). The van der Waals surface area contributed by atoms with Gasteiger partial charge in [-0.05, 0) is 72.2 Å². The van der Waals surface area contributed by atoms with Crippen molar-refractivity contribution in [3.63, 3.8) is 0 Å². The minimum absolute atomic E-state index is 0.245. The van der Waals surface area contributed by atoms with Crippen molar-refractivity contribution >= 4 is 0 Å². The molecule has 0 spiro atoms. The Bertz CT molecular complexity index is 1040. The number of nitrogens with zero attached hydrogens (tertiary/aromatic N) is 2. The average molecular weight is 390 g/mol. The number of benzene rings is 3. The molecule has 0 bridgehead atoms. The Kier molecular flexibility index (Phi) is 6.32. The van der Waals surface area contributed by atoms with E-state index in [1.54, 1.807) is 30.3 Å². The predicted octanol–water partition coefficient (Wildman–Crippen LogP) is 5.42. The van der Waals surface area contributed by atoms with Crippen molar-refractivity contribution in [2.45, 2.75) is 25.7 Å². The van der Waals surface area contributed by atoms with E-state index in [9.17, 15) is 13.2 Å². The SMILES string of the molecule is N#Cc1ccc(CCc2cccc(CCc3ccc(C#N)cc3F)c2F)c(F)c1. The van der Waals surface area contributed by atoms with Gasteiger partial charge in [0.1, 0.15) is 17.5 Å². The van der Waals surface area contributed by atoms with Gasteiger partial charge in [-0.3, -0.25) is 0 Å². The Labute approximate surface area is 167 Å². The van der Waals surface area contributed by atoms with Gasteiger partial charge >= 0.3 is 0 Å². The molecule has 0 aliphatic heterocycles. The molecule has 0 aromatic heterocycles. The third-order valence-corrected chi connectivity index (χ3v) is 4.85. The molecule has 0 radical (unpaired) electrons. The summed E-state index contributed by atoms with van der Waals surface area (Å²) in [6, 6.07) is 17.3. The van der Waals surface area contributed by atoms with E-state index in [0.29, 0.717) is 47.9 Å². The maximum absolute atomic E-state index is 14.8. The lowest BCUT2D eigenvalue weighted by Gasteiger charge is -2.10. The third kappa shape index (κ3) is 4.83. The lowest BCUT2D eigenvalue weighted by atomic mass is 9.97. The average Bonchev–Trinajstić information content (AvgIpc) is 2.73. The van der Waals surface area contributed by atoms with E-state index in [-0.39, 0.29) is 16.9 Å². The molecule has 3 aromatic rings. The third-order valence-electron chi connectivity index (χ3n) is 4.85. The van der Waals surface area contributed by atoms with Gasteiger partial charge in [0, 0.05) is 0 Å². The molecule has 2 nitrogen and oxygen atoms in total. The second-order valence-electron chi connectivity index (χ2n) is 6.73. The summed E-state index contributed by atoms with van der Waals surface area (Å²) < 4.78 is 42.9. The molecule has 0 N–H and O–H groups in total. The van der Waals surface area contributed by atoms with Crippen molar-refractivity contribution < 1.29 is 13.2 Å². The highest BCUT2D eigenvalue weighted by atomic mass is 19.1. The predicted molar refractivity (Wildman–Crippen MR) is 103 cm³/mol. The molecule has 0 saturated heterocycles. The summed E-state index contributed by atoms with van der Waals surface area (Å²) >= 11 is 0. The molecule has 3 aromatic carbocycles. The van der Waals surface area contributed by atoms with Gasteiger partial charge < -0.3 is 0 Å². The summed E-state index contributed by atoms with van der Waals surface area (Å²) in [6.07, 6.45) is 1.24. The summed E-state index contributed by atoms with van der Waals surface area (Å²) in [5.74, 6) is -1.32. The first kappa shape index (κ1) is 20.2. The van der Waals surface area contributed by atoms with Crippen LogP contribution < -0.4 is 0 Å². The fraction of sp³-hybridized carbons (Fsp3) is 0.167. The van der Waals surface area contributed by atoms with Gasteiger partial charge in [0.05, 0.1) is 23.3 Å². The van der Waals surface area contributed by atoms with Gasteiger partial charge in [0.2, 0.25) is 0 Å². The number of hydrogen-bond donors (Lipinski definition) is 0. The Hall–Kier alpha value is -3.57. The van der Waals surface area contributed by atoms with E-state index in [4.69, 9.17) is 10.5 Å². The lowest BCUT2D eigenvalue weighted by Crippen LogP contribution is -2.03. The highest BCUT2D eigenvalue weighted by Gasteiger charge is 2.11. The molecule has 0 atom stereocenters. The van der Waals surface area contributed by atoms with Gasteiger partial charge in [0.15, 0.2) is 0 Å². The number of halogens is 3. The van der Waals surface area contributed by atoms with E-state index in [0.717, 1.165) is 0 Å². The molecule has 0 aliphatic carbocycles. The van der Waals surface area contributed by atoms with Gasteiger partial charge in [-0.1, -0.05) is 30.3 Å². The Morgan fingerprint density at radius 2 is 1.00 bits per heavy atom. The normalized spacial score (nSPS) is 10.4. The fourth-order valence-electron chi connectivity index (χ4n) is 3.20. The molecule has 0 saturated carbocycles. The zero-order valence-electron chi connectivity index (χ0n) is 15.6. The summed E-state index contributed by atoms with van der Waals surface area (Å²) in [6.45, 7) is 0. The van der Waals surface area contributed by atoms with Crippen molar-refractivity contribution in [2.75, 3.05) is 0 Å². The van der Waals surface area contributed by atoms with Crippen LogP contribution in [0.2, 0.25) is 0 Å². The lowest BCUT2D eigenvalue weighted by molar-refractivity contribution is 0.579. The van der Waals surface area contributed by atoms with Crippen LogP contribution in [-0.2, 0) is 25.7 Å². The summed E-state index contributed by atoms with van der Waals surface area (Å²) in [5, 5.41) is 17.6. The maximum Gasteiger partial charge on any atom is 0.129 e. The van der Waals surface area contributed by atoms with E-state index >= 15 is 0 Å². The molecule has 0 heterocycles. The minimum Gasteiger partial charge on any atom is -0.207 e. The molecular formula is C24H17F3N2. The van der Waals surface area contributed by atoms with Crippen LogP contribution in [0.1, 0.15) is 33.4 Å². The first-order valence-corrected chi connectivity index (χ1v) is 9.15. The van der Waals surface area contributed by atoms with Crippen molar-refractivity contribution in [1.82, 2.24) is 0 Å². The number of hydrogen-bond acceptors (Lipinski definition) is 2. The van der Waals surface area contributed by atoms with Gasteiger partial charge in [-0.25, -0.2) is 13.2 Å². The summed E-state index contributed by atoms with van der Waals surface area (Å²) in [5.41, 5.74) is 2.27. The Morgan fingerprint density at radius 3 is 1.38 bits per heavy atom. The van der Waals surface area contributed by atoms with Crippen LogP contribution >= 0.6 is 0 Å². The van der Waals surface area contributed by atoms with Crippen molar-refractivity contribution in [2.24, 2.45) is 0 Å². The van der Waals surface area contributed by atoms with Gasteiger partial charge in [-0.2, -0.15) is 10.5 Å². The van der Waals surface area contributed by atoms with E-state index in [1.165, 1.54) is 24.3 Å². The fourth-order valence-corrected chi connectivity index (χ4v) is 3.20. The zero-order chi connectivity index (χ0) is 20.8. The van der Waals surface area contributed by atoms with Crippen molar-refractivity contribution in [3.8, 4) is 12.1 Å². The molecule has 5 heteroatoms. The van der Waals surface area contributed by atoms with E-state index in [2.05, 4.69) is 0 Å². The van der Waals surface area contributed by atoms with Gasteiger partial charge in [-0.15, -0.1) is 0 Å². The molecule has 144 valence electrons. The van der Waals surface area contributed by atoms with Crippen LogP contribution in [0.15, 0.2) is 54.6 Å². The highest BCUT2D eigenvalue weighted by Crippen LogP contribution is 2.20. The van der Waals surface area contributed by atoms with Crippen LogP contribution in [0.5, 0.6) is 0 Å². The van der Waals surface area contributed by atoms with E-state index in [1.807, 2.05) is 12.1 Å². The molecule has 29 heavy (non-hydrogen) atoms. The zero-order valence-corrected chi connectivity index (χ0v) is 15.6. The van der Waals surface area contributed by atoms with Crippen LogP contribution in [0.4, 0.5) is 13.2 Å². The molecule has 0 aliphatic rings. The quantitative estimate of drug-likeness (QED) is 0.564. The number of aryl methyl sites for hydroxylation is 4. The second kappa shape index (κ2) is 9.08. The maximum atomic E-state index is 14.8. The van der Waals surface area contributed by atoms with Crippen LogP contribution in [0, 0.1) is 40.1 Å². The van der Waals surface area contributed by atoms with Crippen molar-refractivity contribution in [3.05, 3.63) is 105 Å². The first-order chi connectivity index (χ1) is 14.0. The first-order valence-electron chi connectivity index (χ1n) is 9.15. The van der Waals surface area contributed by atoms with Gasteiger partial charge in [0.25, 0.3) is 0 Å². The van der Waals surface area contributed by atoms with Crippen LogP contribution in [0.25, 0.3) is 0 Å². The largest absolute Gasteiger partial charge is 0.207 e. The molecule has 0 fully saturated rings. The topological polar surface area (TPSA) is 47.6 Å². The Balaban J connectivity index is 1.70. The van der Waals surface area contributed by atoms with Crippen LogP contribution in [0.3, 0.4) is 0 Å². The second-order valence-corrected chi connectivity index (χ2v) is 6.73. The standard InChI is InChI=1S/C24H17F3N2/c25-22-12-16(14-28)4-6-18(22)8-10-20-2-1-3-21(24(20)27)11-9-19-7-5-17(15-29)13-23(19)26/h1-7,12-13H,8-11H2. The minimum atomic E-state index is -0.475. The summed E-state index contributed by atoms with van der Waals surface area (Å²) in [4.78, 5) is 0. The monoisotopic (exact) mass is 390 g/mol. The molecule has 0 unspecified atom stereocenters. The molecular weight excluding hydrogens is 373 g/mol. The number of rotatable bonds is 6. The summed E-state index contributed by atoms with van der Waals surface area (Å²) in [7, 11) is 0. The highest BCUT2D eigenvalue weighted by molar-refractivity contribution is 5.35.